The SMILES string of the molecule is C[C@@H](CCc1ccccc1)N[C@H](Cc1ccccc1)NC(=O)OCc1ccccc1. The number of benzene rings is 3. The highest BCUT2D eigenvalue weighted by molar-refractivity contribution is 5.67. The van der Waals surface area contributed by atoms with Gasteiger partial charge in [0, 0.05) is 12.5 Å². The molecule has 4 nitrogen and oxygen atoms in total. The summed E-state index contributed by atoms with van der Waals surface area (Å²) < 4.78 is 5.42. The van der Waals surface area contributed by atoms with Crippen LogP contribution in [0.1, 0.15) is 30.0 Å². The lowest BCUT2D eigenvalue weighted by Crippen LogP contribution is -2.50. The number of carbonyl (C=O) groups excluding carboxylic acids is 1. The van der Waals surface area contributed by atoms with E-state index in [1.165, 1.54) is 5.56 Å². The van der Waals surface area contributed by atoms with Crippen molar-refractivity contribution in [1.82, 2.24) is 10.6 Å². The molecule has 0 aromatic heterocycles. The lowest BCUT2D eigenvalue weighted by molar-refractivity contribution is 0.132. The van der Waals surface area contributed by atoms with Gasteiger partial charge in [0.15, 0.2) is 0 Å². The molecule has 0 aliphatic rings. The summed E-state index contributed by atoms with van der Waals surface area (Å²) in [5, 5.41) is 6.55. The zero-order valence-electron chi connectivity index (χ0n) is 17.5. The van der Waals surface area contributed by atoms with Crippen molar-refractivity contribution in [3.05, 3.63) is 108 Å². The van der Waals surface area contributed by atoms with Crippen molar-refractivity contribution in [2.75, 3.05) is 0 Å². The van der Waals surface area contributed by atoms with Crippen LogP contribution in [-0.4, -0.2) is 18.3 Å². The Morgan fingerprint density at radius 1 is 0.800 bits per heavy atom. The Labute approximate surface area is 179 Å². The lowest BCUT2D eigenvalue weighted by atomic mass is 10.1. The van der Waals surface area contributed by atoms with Crippen LogP contribution in [0.15, 0.2) is 91.0 Å². The van der Waals surface area contributed by atoms with Crippen molar-refractivity contribution in [3.8, 4) is 0 Å². The molecule has 0 unspecified atom stereocenters. The number of rotatable bonds is 10. The van der Waals surface area contributed by atoms with E-state index in [-0.39, 0.29) is 18.8 Å². The molecule has 3 rings (SSSR count). The third-order valence-electron chi connectivity index (χ3n) is 4.98. The minimum absolute atomic E-state index is 0.207. The normalized spacial score (nSPS) is 12.7. The first-order valence-corrected chi connectivity index (χ1v) is 10.5. The molecule has 0 radical (unpaired) electrons. The van der Waals surface area contributed by atoms with E-state index in [2.05, 4.69) is 54.0 Å². The van der Waals surface area contributed by atoms with E-state index in [1.54, 1.807) is 0 Å². The Morgan fingerprint density at radius 3 is 1.93 bits per heavy atom. The van der Waals surface area contributed by atoms with Crippen molar-refractivity contribution >= 4 is 6.09 Å². The number of alkyl carbamates (subject to hydrolysis) is 1. The monoisotopic (exact) mass is 402 g/mol. The molecule has 156 valence electrons. The van der Waals surface area contributed by atoms with Crippen LogP contribution in [0, 0.1) is 0 Å². The van der Waals surface area contributed by atoms with E-state index in [0.29, 0.717) is 6.42 Å². The average Bonchev–Trinajstić information content (AvgIpc) is 2.78. The summed E-state index contributed by atoms with van der Waals surface area (Å²) in [5.74, 6) is 0. The molecule has 2 N–H and O–H groups in total. The van der Waals surface area contributed by atoms with Crippen LogP contribution in [0.3, 0.4) is 0 Å². The lowest BCUT2D eigenvalue weighted by Gasteiger charge is -2.24. The Bertz CT molecular complexity index is 869. The van der Waals surface area contributed by atoms with Crippen LogP contribution in [0.2, 0.25) is 0 Å². The Hall–Kier alpha value is -3.11. The molecule has 1 amide bonds. The van der Waals surface area contributed by atoms with E-state index >= 15 is 0 Å². The molecule has 0 aliphatic carbocycles. The molecule has 0 heterocycles. The van der Waals surface area contributed by atoms with Gasteiger partial charge < -0.3 is 10.1 Å². The predicted molar refractivity (Wildman–Crippen MR) is 121 cm³/mol. The number of hydrogen-bond acceptors (Lipinski definition) is 3. The van der Waals surface area contributed by atoms with Crippen LogP contribution in [0.25, 0.3) is 0 Å². The van der Waals surface area contributed by atoms with E-state index in [9.17, 15) is 4.79 Å². The van der Waals surface area contributed by atoms with Crippen molar-refractivity contribution < 1.29 is 9.53 Å². The maximum atomic E-state index is 12.4. The summed E-state index contributed by atoms with van der Waals surface area (Å²) in [6.07, 6.45) is 2.04. The summed E-state index contributed by atoms with van der Waals surface area (Å²) in [6.45, 7) is 2.41. The zero-order valence-corrected chi connectivity index (χ0v) is 17.5. The first kappa shape index (κ1) is 21.6. The topological polar surface area (TPSA) is 50.4 Å². The first-order chi connectivity index (χ1) is 14.7. The molecule has 4 heteroatoms. The van der Waals surface area contributed by atoms with Gasteiger partial charge >= 0.3 is 6.09 Å². The fraction of sp³-hybridized carbons (Fsp3) is 0.269. The second kappa shape index (κ2) is 11.8. The predicted octanol–water partition coefficient (Wildman–Crippen LogP) is 5.09. The summed E-state index contributed by atoms with van der Waals surface area (Å²) in [6, 6.07) is 30.6. The fourth-order valence-corrected chi connectivity index (χ4v) is 3.36. The molecule has 0 fully saturated rings. The summed E-state index contributed by atoms with van der Waals surface area (Å²) >= 11 is 0. The van der Waals surface area contributed by atoms with Crippen molar-refractivity contribution in [2.24, 2.45) is 0 Å². The minimum Gasteiger partial charge on any atom is -0.445 e. The standard InChI is InChI=1S/C26H30N2O2/c1-21(17-18-22-11-5-2-6-12-22)27-25(19-23-13-7-3-8-14-23)28-26(29)30-20-24-15-9-4-10-16-24/h2-16,21,25,27H,17-20H2,1H3,(H,28,29)/t21-,25-/m0/s1. The van der Waals surface area contributed by atoms with E-state index < -0.39 is 6.09 Å². The van der Waals surface area contributed by atoms with Crippen LogP contribution in [0.5, 0.6) is 0 Å². The highest BCUT2D eigenvalue weighted by atomic mass is 16.5. The second-order valence-electron chi connectivity index (χ2n) is 7.54. The number of amides is 1. The van der Waals surface area contributed by atoms with Gasteiger partial charge in [-0.1, -0.05) is 91.0 Å². The maximum absolute atomic E-state index is 12.4. The van der Waals surface area contributed by atoms with Crippen LogP contribution in [-0.2, 0) is 24.2 Å². The van der Waals surface area contributed by atoms with Gasteiger partial charge in [0.1, 0.15) is 6.61 Å². The number of ether oxygens (including phenoxy) is 1. The zero-order chi connectivity index (χ0) is 21.0. The Balaban J connectivity index is 1.54. The third-order valence-corrected chi connectivity index (χ3v) is 4.98. The minimum atomic E-state index is -0.414. The Kier molecular flexibility index (Phi) is 8.48. The van der Waals surface area contributed by atoms with Crippen LogP contribution < -0.4 is 10.6 Å². The molecule has 0 spiro atoms. The van der Waals surface area contributed by atoms with Gasteiger partial charge in [0.25, 0.3) is 0 Å². The van der Waals surface area contributed by atoms with Gasteiger partial charge in [0.05, 0.1) is 6.17 Å². The highest BCUT2D eigenvalue weighted by Gasteiger charge is 2.16. The number of nitrogens with one attached hydrogen (secondary N) is 2. The first-order valence-electron chi connectivity index (χ1n) is 10.5. The van der Waals surface area contributed by atoms with E-state index in [1.807, 2.05) is 54.6 Å². The summed E-state index contributed by atoms with van der Waals surface area (Å²) in [5.41, 5.74) is 3.45. The molecule has 0 saturated heterocycles. The van der Waals surface area contributed by atoms with Gasteiger partial charge in [-0.25, -0.2) is 4.79 Å². The van der Waals surface area contributed by atoms with Crippen LogP contribution >= 0.6 is 0 Å². The smallest absolute Gasteiger partial charge is 0.408 e. The molecule has 3 aromatic rings. The van der Waals surface area contributed by atoms with Gasteiger partial charge in [-0.2, -0.15) is 0 Å². The van der Waals surface area contributed by atoms with Gasteiger partial charge in [-0.15, -0.1) is 0 Å². The molecule has 0 saturated carbocycles. The molecular formula is C26H30N2O2. The van der Waals surface area contributed by atoms with Gasteiger partial charge in [-0.3, -0.25) is 5.32 Å². The molecular weight excluding hydrogens is 372 g/mol. The third kappa shape index (κ3) is 7.72. The Morgan fingerprint density at radius 2 is 1.33 bits per heavy atom. The second-order valence-corrected chi connectivity index (χ2v) is 7.54. The highest BCUT2D eigenvalue weighted by Crippen LogP contribution is 2.08. The quantitative estimate of drug-likeness (QED) is 0.464. The maximum Gasteiger partial charge on any atom is 0.408 e. The molecule has 0 bridgehead atoms. The summed E-state index contributed by atoms with van der Waals surface area (Å²) in [4.78, 5) is 12.4. The number of aryl methyl sites for hydroxylation is 1. The summed E-state index contributed by atoms with van der Waals surface area (Å²) in [7, 11) is 0. The average molecular weight is 403 g/mol. The fourth-order valence-electron chi connectivity index (χ4n) is 3.36. The van der Waals surface area contributed by atoms with Gasteiger partial charge in [-0.05, 0) is 36.5 Å². The van der Waals surface area contributed by atoms with Crippen molar-refractivity contribution in [2.45, 2.75) is 45.0 Å². The van der Waals surface area contributed by atoms with E-state index in [0.717, 1.165) is 24.0 Å². The molecule has 0 aliphatic heterocycles. The molecule has 3 aromatic carbocycles. The number of carbonyl (C=O) groups is 1. The van der Waals surface area contributed by atoms with Crippen LogP contribution in [0.4, 0.5) is 4.79 Å². The molecule has 2 atom stereocenters. The largest absolute Gasteiger partial charge is 0.445 e. The van der Waals surface area contributed by atoms with Gasteiger partial charge in [0.2, 0.25) is 0 Å². The van der Waals surface area contributed by atoms with Crippen molar-refractivity contribution in [1.29, 1.82) is 0 Å². The molecule has 30 heavy (non-hydrogen) atoms. The van der Waals surface area contributed by atoms with Crippen molar-refractivity contribution in [3.63, 3.8) is 0 Å². The number of hydrogen-bond donors (Lipinski definition) is 2. The van der Waals surface area contributed by atoms with E-state index in [4.69, 9.17) is 4.74 Å².